The summed E-state index contributed by atoms with van der Waals surface area (Å²) < 4.78 is 24.5. The van der Waals surface area contributed by atoms with Gasteiger partial charge >= 0.3 is 0 Å². The van der Waals surface area contributed by atoms with Gasteiger partial charge in [-0.25, -0.2) is 14.4 Å². The van der Waals surface area contributed by atoms with E-state index < -0.39 is 5.82 Å². The smallest absolute Gasteiger partial charge is 0.228 e. The van der Waals surface area contributed by atoms with Gasteiger partial charge < -0.3 is 19.1 Å². The second-order valence-electron chi connectivity index (χ2n) is 6.82. The summed E-state index contributed by atoms with van der Waals surface area (Å²) in [5.41, 5.74) is 1.62. The quantitative estimate of drug-likeness (QED) is 0.679. The Hall–Kier alpha value is -3.07. The van der Waals surface area contributed by atoms with Crippen LogP contribution in [0.1, 0.15) is 17.5 Å². The fourth-order valence-corrected chi connectivity index (χ4v) is 3.15. The van der Waals surface area contributed by atoms with E-state index in [4.69, 9.17) is 9.26 Å². The molecule has 3 heterocycles. The monoisotopic (exact) mass is 385 g/mol. The van der Waals surface area contributed by atoms with Gasteiger partial charge in [0.1, 0.15) is 17.6 Å². The molecule has 0 spiro atoms. The van der Waals surface area contributed by atoms with Crippen LogP contribution in [0.15, 0.2) is 35.0 Å². The fraction of sp³-hybridized carbons (Fsp3) is 0.368. The molecule has 0 radical (unpaired) electrons. The highest BCUT2D eigenvalue weighted by atomic mass is 19.1. The predicted octanol–water partition coefficient (Wildman–Crippen LogP) is 1.97. The van der Waals surface area contributed by atoms with Crippen molar-refractivity contribution in [1.82, 2.24) is 20.0 Å². The van der Waals surface area contributed by atoms with Crippen molar-refractivity contribution in [2.45, 2.75) is 12.5 Å². The minimum Gasteiger partial charge on any atom is -0.368 e. The first-order valence-electron chi connectivity index (χ1n) is 8.94. The Morgan fingerprint density at radius 1 is 1.36 bits per heavy atom. The normalized spacial score (nSPS) is 17.1. The molecule has 2 aromatic heterocycles. The van der Waals surface area contributed by atoms with Gasteiger partial charge in [0, 0.05) is 32.2 Å². The molecule has 0 N–H and O–H groups in total. The third kappa shape index (κ3) is 3.65. The van der Waals surface area contributed by atoms with Gasteiger partial charge in [0.2, 0.25) is 11.9 Å². The first-order valence-corrected chi connectivity index (χ1v) is 8.94. The first-order chi connectivity index (χ1) is 13.5. The number of rotatable bonds is 4. The Morgan fingerprint density at radius 3 is 3.04 bits per heavy atom. The number of carbonyl (C=O) groups is 1. The van der Waals surface area contributed by atoms with Crippen molar-refractivity contribution in [3.8, 4) is 0 Å². The molecule has 0 bridgehead atoms. The topological polar surface area (TPSA) is 84.6 Å². The Kier molecular flexibility index (Phi) is 4.91. The van der Waals surface area contributed by atoms with Gasteiger partial charge in [0.15, 0.2) is 5.58 Å². The van der Waals surface area contributed by atoms with E-state index in [1.54, 1.807) is 17.2 Å². The molecule has 1 aromatic carbocycles. The summed E-state index contributed by atoms with van der Waals surface area (Å²) in [5, 5.41) is 4.45. The minimum atomic E-state index is -0.392. The van der Waals surface area contributed by atoms with E-state index in [1.807, 2.05) is 19.0 Å². The Morgan fingerprint density at radius 2 is 2.21 bits per heavy atom. The Balaban J connectivity index is 1.49. The maximum Gasteiger partial charge on any atom is 0.228 e. The van der Waals surface area contributed by atoms with E-state index in [0.29, 0.717) is 42.3 Å². The summed E-state index contributed by atoms with van der Waals surface area (Å²) in [6, 6.07) is 5.93. The average molecular weight is 385 g/mol. The number of halogens is 1. The summed E-state index contributed by atoms with van der Waals surface area (Å²) in [7, 11) is 3.73. The van der Waals surface area contributed by atoms with Gasteiger partial charge in [-0.2, -0.15) is 0 Å². The molecule has 1 aliphatic heterocycles. The van der Waals surface area contributed by atoms with Crippen molar-refractivity contribution >= 4 is 22.8 Å². The lowest BCUT2D eigenvalue weighted by atomic mass is 10.1. The van der Waals surface area contributed by atoms with E-state index in [9.17, 15) is 9.18 Å². The van der Waals surface area contributed by atoms with Gasteiger partial charge in [-0.3, -0.25) is 4.79 Å². The molecular formula is C19H20FN5O3. The zero-order chi connectivity index (χ0) is 19.7. The molecule has 0 unspecified atom stereocenters. The zero-order valence-electron chi connectivity index (χ0n) is 15.6. The number of carbonyl (C=O) groups excluding carboxylic acids is 1. The maximum absolute atomic E-state index is 13.5. The number of benzene rings is 1. The summed E-state index contributed by atoms with van der Waals surface area (Å²) in [5.74, 6) is 0.0755. The number of amides is 1. The SMILES string of the molecule is CN(C)c1nccc([C@H]2CN(C(=O)Cc3noc4ccc(F)cc34)CCO2)n1. The Bertz CT molecular complexity index is 1010. The number of anilines is 1. The van der Waals surface area contributed by atoms with Crippen LogP contribution in [0.25, 0.3) is 11.0 Å². The minimum absolute atomic E-state index is 0.0376. The van der Waals surface area contributed by atoms with Crippen molar-refractivity contribution in [3.63, 3.8) is 0 Å². The lowest BCUT2D eigenvalue weighted by Gasteiger charge is -2.32. The number of hydrogen-bond donors (Lipinski definition) is 0. The number of nitrogens with zero attached hydrogens (tertiary/aromatic N) is 5. The average Bonchev–Trinajstić information content (AvgIpc) is 3.10. The lowest BCUT2D eigenvalue weighted by Crippen LogP contribution is -2.43. The van der Waals surface area contributed by atoms with Crippen LogP contribution in [0.4, 0.5) is 10.3 Å². The largest absolute Gasteiger partial charge is 0.368 e. The number of morpholine rings is 1. The van der Waals surface area contributed by atoms with Crippen molar-refractivity contribution < 1.29 is 18.4 Å². The number of ether oxygens (including phenoxy) is 1. The molecule has 1 atom stereocenters. The van der Waals surface area contributed by atoms with Crippen LogP contribution in [0, 0.1) is 5.82 Å². The van der Waals surface area contributed by atoms with E-state index in [2.05, 4.69) is 15.1 Å². The second kappa shape index (κ2) is 7.51. The molecule has 4 rings (SSSR count). The summed E-state index contributed by atoms with van der Waals surface area (Å²) in [4.78, 5) is 25.0. The van der Waals surface area contributed by atoms with E-state index in [1.165, 1.54) is 18.2 Å². The highest BCUT2D eigenvalue weighted by Crippen LogP contribution is 2.24. The molecule has 0 saturated carbocycles. The summed E-state index contributed by atoms with van der Waals surface area (Å²) >= 11 is 0. The molecule has 1 amide bonds. The van der Waals surface area contributed by atoms with Crippen molar-refractivity contribution in [3.05, 3.63) is 47.7 Å². The van der Waals surface area contributed by atoms with Crippen molar-refractivity contribution in [2.75, 3.05) is 38.7 Å². The molecule has 1 saturated heterocycles. The van der Waals surface area contributed by atoms with Crippen LogP contribution in [0.2, 0.25) is 0 Å². The van der Waals surface area contributed by atoms with E-state index in [0.717, 1.165) is 5.69 Å². The van der Waals surface area contributed by atoms with Gasteiger partial charge in [0.05, 0.1) is 25.3 Å². The van der Waals surface area contributed by atoms with Crippen molar-refractivity contribution in [2.24, 2.45) is 0 Å². The summed E-state index contributed by atoms with van der Waals surface area (Å²) in [6.45, 7) is 1.27. The van der Waals surface area contributed by atoms with Gasteiger partial charge in [-0.15, -0.1) is 0 Å². The van der Waals surface area contributed by atoms with Crippen LogP contribution in [0.3, 0.4) is 0 Å². The molecule has 1 aliphatic rings. The maximum atomic E-state index is 13.5. The van der Waals surface area contributed by atoms with E-state index in [-0.39, 0.29) is 18.4 Å². The molecule has 28 heavy (non-hydrogen) atoms. The standard InChI is InChI=1S/C19H20FN5O3/c1-24(2)19-21-6-5-14(22-19)17-11-25(7-8-27-17)18(26)10-15-13-9-12(20)3-4-16(13)28-23-15/h3-6,9,17H,7-8,10-11H2,1-2H3/t17-/m1/s1. The van der Waals surface area contributed by atoms with Crippen LogP contribution in [0.5, 0.6) is 0 Å². The first kappa shape index (κ1) is 18.3. The van der Waals surface area contributed by atoms with Crippen molar-refractivity contribution in [1.29, 1.82) is 0 Å². The number of hydrogen-bond acceptors (Lipinski definition) is 7. The second-order valence-corrected chi connectivity index (χ2v) is 6.82. The predicted molar refractivity (Wildman–Crippen MR) is 99.3 cm³/mol. The summed E-state index contributed by atoms with van der Waals surface area (Å²) in [6.07, 6.45) is 1.39. The molecule has 0 aliphatic carbocycles. The Labute approximate surface area is 160 Å². The number of fused-ring (bicyclic) bond motifs is 1. The lowest BCUT2D eigenvalue weighted by molar-refractivity contribution is -0.138. The van der Waals surface area contributed by atoms with Gasteiger partial charge in [-0.1, -0.05) is 5.16 Å². The van der Waals surface area contributed by atoms with E-state index >= 15 is 0 Å². The molecule has 8 nitrogen and oxygen atoms in total. The van der Waals surface area contributed by atoms with Crippen LogP contribution < -0.4 is 4.90 Å². The molecular weight excluding hydrogens is 365 g/mol. The van der Waals surface area contributed by atoms with Gasteiger partial charge in [0.25, 0.3) is 0 Å². The third-order valence-corrected chi connectivity index (χ3v) is 4.64. The molecule has 9 heteroatoms. The highest BCUT2D eigenvalue weighted by molar-refractivity contribution is 5.86. The van der Waals surface area contributed by atoms with Crippen LogP contribution in [-0.2, 0) is 16.0 Å². The molecule has 1 fully saturated rings. The molecule has 3 aromatic rings. The third-order valence-electron chi connectivity index (χ3n) is 4.64. The highest BCUT2D eigenvalue weighted by Gasteiger charge is 2.27. The number of aromatic nitrogens is 3. The zero-order valence-corrected chi connectivity index (χ0v) is 15.6. The van der Waals surface area contributed by atoms with Crippen LogP contribution >= 0.6 is 0 Å². The van der Waals surface area contributed by atoms with Crippen LogP contribution in [-0.4, -0.2) is 59.7 Å². The fourth-order valence-electron chi connectivity index (χ4n) is 3.15. The molecule has 146 valence electrons. The van der Waals surface area contributed by atoms with Gasteiger partial charge in [-0.05, 0) is 24.3 Å².